The third kappa shape index (κ3) is 5.93. The highest BCUT2D eigenvalue weighted by Gasteiger charge is 2.02. The molecule has 0 amide bonds. The maximum Gasteiger partial charge on any atom is 0.122 e. The van der Waals surface area contributed by atoms with E-state index in [1.54, 1.807) is 0 Å². The van der Waals surface area contributed by atoms with Crippen molar-refractivity contribution < 1.29 is 4.74 Å². The van der Waals surface area contributed by atoms with Gasteiger partial charge in [-0.25, -0.2) is 0 Å². The van der Waals surface area contributed by atoms with Gasteiger partial charge in [-0.2, -0.15) is 0 Å². The summed E-state index contributed by atoms with van der Waals surface area (Å²) in [6.07, 6.45) is 5.10. The van der Waals surface area contributed by atoms with E-state index in [2.05, 4.69) is 31.4 Å². The molecular formula is C17H27NO. The van der Waals surface area contributed by atoms with E-state index in [-0.39, 0.29) is 0 Å². The molecule has 1 aromatic carbocycles. The topological polar surface area (TPSA) is 12.5 Å². The Hall–Kier alpha value is -1.28. The van der Waals surface area contributed by atoms with Crippen LogP contribution in [0.5, 0.6) is 5.75 Å². The minimum absolute atomic E-state index is 0.801. The van der Waals surface area contributed by atoms with Crippen LogP contribution in [0, 0.1) is 0 Å². The van der Waals surface area contributed by atoms with E-state index in [4.69, 9.17) is 4.74 Å². The second-order valence-electron chi connectivity index (χ2n) is 4.68. The molecule has 0 saturated carbocycles. The molecule has 0 aliphatic rings. The van der Waals surface area contributed by atoms with Crippen molar-refractivity contribution in [3.8, 4) is 5.75 Å². The maximum absolute atomic E-state index is 5.87. The Morgan fingerprint density at radius 2 is 1.89 bits per heavy atom. The highest BCUT2D eigenvalue weighted by atomic mass is 16.5. The number of hydrogen-bond acceptors (Lipinski definition) is 2. The molecule has 0 aromatic heterocycles. The molecule has 0 unspecified atom stereocenters. The number of benzene rings is 1. The fourth-order valence-corrected chi connectivity index (χ4v) is 2.13. The highest BCUT2D eigenvalue weighted by Crippen LogP contribution is 2.19. The van der Waals surface area contributed by atoms with Gasteiger partial charge >= 0.3 is 0 Å². The number of unbranched alkanes of at least 4 members (excludes halogenated alkanes) is 1. The van der Waals surface area contributed by atoms with E-state index < -0.39 is 0 Å². The van der Waals surface area contributed by atoms with Crippen molar-refractivity contribution in [1.29, 1.82) is 0 Å². The summed E-state index contributed by atoms with van der Waals surface area (Å²) in [4.78, 5) is 2.45. The van der Waals surface area contributed by atoms with Gasteiger partial charge in [0.25, 0.3) is 0 Å². The Balaban J connectivity index is 2.27. The lowest BCUT2D eigenvalue weighted by molar-refractivity contribution is 0.265. The summed E-state index contributed by atoms with van der Waals surface area (Å²) in [7, 11) is 0. The molecule has 0 saturated heterocycles. The molecule has 0 fully saturated rings. The summed E-state index contributed by atoms with van der Waals surface area (Å²) in [6, 6.07) is 8.22. The molecule has 1 rings (SSSR count). The maximum atomic E-state index is 5.87. The van der Waals surface area contributed by atoms with Crippen LogP contribution < -0.4 is 4.74 Å². The Labute approximate surface area is 118 Å². The molecule has 0 N–H and O–H groups in total. The van der Waals surface area contributed by atoms with Crippen molar-refractivity contribution in [2.24, 2.45) is 0 Å². The van der Waals surface area contributed by atoms with Gasteiger partial charge in [-0.15, -0.1) is 6.58 Å². The zero-order valence-electron chi connectivity index (χ0n) is 12.4. The van der Waals surface area contributed by atoms with Crippen LogP contribution in [0.2, 0.25) is 0 Å². The van der Waals surface area contributed by atoms with Crippen LogP contribution in [0.4, 0.5) is 0 Å². The molecule has 0 radical (unpaired) electrons. The lowest BCUT2D eigenvalue weighted by atomic mass is 10.1. The van der Waals surface area contributed by atoms with Gasteiger partial charge in [-0.05, 0) is 50.5 Å². The smallest absolute Gasteiger partial charge is 0.122 e. The number of rotatable bonds is 10. The first-order valence-corrected chi connectivity index (χ1v) is 7.35. The van der Waals surface area contributed by atoms with Crippen LogP contribution in [0.25, 0.3) is 0 Å². The standard InChI is InChI=1S/C17H27NO/c1-4-11-16-12-7-8-13-17(16)19-15-10-9-14-18(5-2)6-3/h4,7-8,12-13H,1,5-6,9-11,14-15H2,2-3H3. The summed E-state index contributed by atoms with van der Waals surface area (Å²) in [5.41, 5.74) is 1.22. The van der Waals surface area contributed by atoms with E-state index in [9.17, 15) is 0 Å². The molecule has 0 aliphatic carbocycles. The summed E-state index contributed by atoms with van der Waals surface area (Å²) < 4.78 is 5.87. The van der Waals surface area contributed by atoms with Gasteiger partial charge in [0.15, 0.2) is 0 Å². The van der Waals surface area contributed by atoms with Crippen LogP contribution in [-0.2, 0) is 6.42 Å². The summed E-state index contributed by atoms with van der Waals surface area (Å²) in [5.74, 6) is 1.00. The number of ether oxygens (including phenoxy) is 1. The average Bonchev–Trinajstić information content (AvgIpc) is 2.45. The summed E-state index contributed by atoms with van der Waals surface area (Å²) in [5, 5.41) is 0. The van der Waals surface area contributed by atoms with Gasteiger partial charge in [0, 0.05) is 0 Å². The van der Waals surface area contributed by atoms with E-state index in [0.717, 1.165) is 38.3 Å². The Kier molecular flexibility index (Phi) is 7.99. The van der Waals surface area contributed by atoms with Crippen molar-refractivity contribution in [3.63, 3.8) is 0 Å². The third-order valence-electron chi connectivity index (χ3n) is 3.36. The summed E-state index contributed by atoms with van der Waals surface area (Å²) >= 11 is 0. The first-order valence-electron chi connectivity index (χ1n) is 7.35. The van der Waals surface area contributed by atoms with Crippen LogP contribution in [-0.4, -0.2) is 31.1 Å². The Morgan fingerprint density at radius 1 is 1.16 bits per heavy atom. The third-order valence-corrected chi connectivity index (χ3v) is 3.36. The molecule has 19 heavy (non-hydrogen) atoms. The highest BCUT2D eigenvalue weighted by molar-refractivity contribution is 5.34. The first kappa shape index (κ1) is 15.8. The first-order chi connectivity index (χ1) is 9.31. The second kappa shape index (κ2) is 9.62. The van der Waals surface area contributed by atoms with Gasteiger partial charge in [0.1, 0.15) is 5.75 Å². The largest absolute Gasteiger partial charge is 0.493 e. The summed E-state index contributed by atoms with van der Waals surface area (Å²) in [6.45, 7) is 12.5. The van der Waals surface area contributed by atoms with E-state index >= 15 is 0 Å². The quantitative estimate of drug-likeness (QED) is 0.467. The predicted octanol–water partition coefficient (Wildman–Crippen LogP) is 3.92. The molecule has 2 nitrogen and oxygen atoms in total. The van der Waals surface area contributed by atoms with Gasteiger partial charge in [0.2, 0.25) is 0 Å². The molecule has 0 aliphatic heterocycles. The van der Waals surface area contributed by atoms with E-state index in [0.29, 0.717) is 0 Å². The SMILES string of the molecule is C=CCc1ccccc1OCCCCN(CC)CC. The average molecular weight is 261 g/mol. The fourth-order valence-electron chi connectivity index (χ4n) is 2.13. The number of hydrogen-bond donors (Lipinski definition) is 0. The molecule has 0 heterocycles. The van der Waals surface area contributed by atoms with Crippen molar-refractivity contribution in [3.05, 3.63) is 42.5 Å². The molecule has 2 heteroatoms. The zero-order valence-corrected chi connectivity index (χ0v) is 12.4. The molecule has 106 valence electrons. The molecule has 0 atom stereocenters. The zero-order chi connectivity index (χ0) is 13.9. The van der Waals surface area contributed by atoms with Crippen molar-refractivity contribution in [1.82, 2.24) is 4.90 Å². The molecule has 1 aromatic rings. The van der Waals surface area contributed by atoms with Gasteiger partial charge in [-0.1, -0.05) is 38.1 Å². The van der Waals surface area contributed by atoms with E-state index in [1.807, 2.05) is 24.3 Å². The lowest BCUT2D eigenvalue weighted by Gasteiger charge is -2.17. The van der Waals surface area contributed by atoms with E-state index in [1.165, 1.54) is 18.5 Å². The van der Waals surface area contributed by atoms with Gasteiger partial charge in [-0.3, -0.25) is 0 Å². The van der Waals surface area contributed by atoms with Crippen molar-refractivity contribution in [2.45, 2.75) is 33.1 Å². The monoisotopic (exact) mass is 261 g/mol. The Morgan fingerprint density at radius 3 is 2.58 bits per heavy atom. The normalized spacial score (nSPS) is 10.7. The van der Waals surface area contributed by atoms with Crippen LogP contribution in [0.3, 0.4) is 0 Å². The Bertz CT molecular complexity index is 358. The van der Waals surface area contributed by atoms with Crippen LogP contribution in [0.1, 0.15) is 32.3 Å². The minimum Gasteiger partial charge on any atom is -0.493 e. The van der Waals surface area contributed by atoms with Crippen LogP contribution in [0.15, 0.2) is 36.9 Å². The molecule has 0 spiro atoms. The number of nitrogens with zero attached hydrogens (tertiary/aromatic N) is 1. The van der Waals surface area contributed by atoms with Crippen molar-refractivity contribution >= 4 is 0 Å². The van der Waals surface area contributed by atoms with Crippen molar-refractivity contribution in [2.75, 3.05) is 26.2 Å². The van der Waals surface area contributed by atoms with Gasteiger partial charge < -0.3 is 9.64 Å². The molecule has 0 bridgehead atoms. The number of para-hydroxylation sites is 1. The predicted molar refractivity (Wildman–Crippen MR) is 82.9 cm³/mol. The number of allylic oxidation sites excluding steroid dienone is 1. The minimum atomic E-state index is 0.801. The molecular weight excluding hydrogens is 234 g/mol. The van der Waals surface area contributed by atoms with Crippen LogP contribution >= 0.6 is 0 Å². The fraction of sp³-hybridized carbons (Fsp3) is 0.529. The lowest BCUT2D eigenvalue weighted by Crippen LogP contribution is -2.24. The second-order valence-corrected chi connectivity index (χ2v) is 4.68. The van der Waals surface area contributed by atoms with Gasteiger partial charge in [0.05, 0.1) is 6.61 Å².